The van der Waals surface area contributed by atoms with E-state index in [4.69, 9.17) is 15.0 Å². The van der Waals surface area contributed by atoms with Gasteiger partial charge in [0.15, 0.2) is 0 Å². The zero-order valence-electron chi connectivity index (χ0n) is 21.6. The summed E-state index contributed by atoms with van der Waals surface area (Å²) in [4.78, 5) is 40.6. The number of aromatic nitrogens is 6. The van der Waals surface area contributed by atoms with Gasteiger partial charge in [0.2, 0.25) is 29.7 Å². The lowest BCUT2D eigenvalue weighted by atomic mass is 9.97. The minimum Gasteiger partial charge on any atom is -0.338 e. The van der Waals surface area contributed by atoms with Crippen molar-refractivity contribution in [3.05, 3.63) is 36.5 Å². The van der Waals surface area contributed by atoms with Gasteiger partial charge in [0, 0.05) is 44.8 Å². The number of aromatic amines is 1. The van der Waals surface area contributed by atoms with E-state index in [1.54, 1.807) is 6.20 Å². The average Bonchev–Trinajstić information content (AvgIpc) is 3.43. The minimum absolute atomic E-state index is 0.209. The van der Waals surface area contributed by atoms with Crippen LogP contribution in [0, 0.1) is 5.95 Å². The van der Waals surface area contributed by atoms with E-state index in [-0.39, 0.29) is 11.9 Å². The Morgan fingerprint density at radius 2 is 1.89 bits per heavy atom. The summed E-state index contributed by atoms with van der Waals surface area (Å²) in [6.07, 6.45) is 6.56. The summed E-state index contributed by atoms with van der Waals surface area (Å²) in [6.45, 7) is 5.98. The Labute approximate surface area is 220 Å². The first kappa shape index (κ1) is 24.5. The van der Waals surface area contributed by atoms with E-state index in [2.05, 4.69) is 42.2 Å². The van der Waals surface area contributed by atoms with Crippen LogP contribution in [0.4, 0.5) is 33.7 Å². The Bertz CT molecular complexity index is 1270. The molecule has 12 nitrogen and oxygen atoms in total. The highest BCUT2D eigenvalue weighted by Crippen LogP contribution is 2.39. The van der Waals surface area contributed by atoms with Crippen LogP contribution in [0.1, 0.15) is 32.6 Å². The average molecular weight is 522 g/mol. The maximum Gasteiger partial charge on any atom is 0.250 e. The van der Waals surface area contributed by atoms with E-state index in [1.807, 2.05) is 17.9 Å². The number of nitrogens with zero attached hydrogens (tertiary/aromatic N) is 9. The van der Waals surface area contributed by atoms with Crippen molar-refractivity contribution in [1.29, 1.82) is 0 Å². The molecule has 0 aromatic carbocycles. The molecule has 3 aliphatic rings. The van der Waals surface area contributed by atoms with E-state index in [1.165, 1.54) is 18.3 Å². The lowest BCUT2D eigenvalue weighted by Gasteiger charge is -2.36. The number of anilines is 5. The predicted octanol–water partition coefficient (Wildman–Crippen LogP) is 2.18. The Kier molecular flexibility index (Phi) is 6.30. The molecule has 1 unspecified atom stereocenters. The van der Waals surface area contributed by atoms with Crippen molar-refractivity contribution in [2.24, 2.45) is 0 Å². The predicted molar refractivity (Wildman–Crippen MR) is 141 cm³/mol. The monoisotopic (exact) mass is 521 g/mol. The van der Waals surface area contributed by atoms with E-state index in [0.717, 1.165) is 51.3 Å². The lowest BCUT2D eigenvalue weighted by Crippen LogP contribution is -2.52. The number of likely N-dealkylation sites (N-methyl/N-ethyl adjacent to an activating group) is 1. The molecule has 2 N–H and O–H groups in total. The van der Waals surface area contributed by atoms with Crippen LogP contribution < -0.4 is 20.0 Å². The standard InChI is InChI=1S/C25H32FN11O/c1-25(21(38)29-17-4-7-19(26)27-16-17)9-3-11-36(25)23-30-22(35-14-12-34(2)13-15-35)31-24(32-23)37(18-5-6-18)20-8-10-28-33-20/h4,7-8,10,16,18H,3,5-6,9,11-15H2,1-2H3,(H,28,33)(H,29,38). The molecule has 0 spiro atoms. The molecule has 3 aromatic rings. The number of hydrogen-bond donors (Lipinski definition) is 2. The molecule has 2 saturated heterocycles. The van der Waals surface area contributed by atoms with Gasteiger partial charge in [-0.15, -0.1) is 0 Å². The third-order valence-corrected chi connectivity index (χ3v) is 7.62. The summed E-state index contributed by atoms with van der Waals surface area (Å²) in [5.74, 6) is 1.66. The van der Waals surface area contributed by atoms with Crippen LogP contribution in [0.5, 0.6) is 0 Å². The first-order chi connectivity index (χ1) is 18.4. The van der Waals surface area contributed by atoms with Crippen LogP contribution in [0.2, 0.25) is 0 Å². The number of nitrogens with one attached hydrogen (secondary N) is 2. The highest BCUT2D eigenvalue weighted by Gasteiger charge is 2.45. The maximum absolute atomic E-state index is 13.6. The number of amides is 1. The van der Waals surface area contributed by atoms with Crippen LogP contribution in [-0.4, -0.2) is 92.3 Å². The molecule has 200 valence electrons. The first-order valence-corrected chi connectivity index (χ1v) is 13.1. The van der Waals surface area contributed by atoms with Gasteiger partial charge in [0.25, 0.3) is 0 Å². The smallest absolute Gasteiger partial charge is 0.250 e. The van der Waals surface area contributed by atoms with Crippen LogP contribution in [0.15, 0.2) is 30.6 Å². The number of hydrogen-bond acceptors (Lipinski definition) is 10. The molecule has 1 atom stereocenters. The maximum atomic E-state index is 13.6. The van der Waals surface area contributed by atoms with Gasteiger partial charge in [-0.05, 0) is 51.8 Å². The van der Waals surface area contributed by atoms with E-state index in [0.29, 0.717) is 36.5 Å². The molecular weight excluding hydrogens is 489 g/mol. The molecule has 5 heterocycles. The Balaban J connectivity index is 1.37. The second-order valence-electron chi connectivity index (χ2n) is 10.4. The van der Waals surface area contributed by atoms with Crippen LogP contribution >= 0.6 is 0 Å². The minimum atomic E-state index is -0.898. The van der Waals surface area contributed by atoms with Gasteiger partial charge in [-0.2, -0.15) is 24.4 Å². The normalized spacial score (nSPS) is 22.1. The Morgan fingerprint density at radius 1 is 1.11 bits per heavy atom. The number of H-pyrrole nitrogens is 1. The molecule has 0 bridgehead atoms. The summed E-state index contributed by atoms with van der Waals surface area (Å²) in [6, 6.07) is 4.94. The lowest BCUT2D eigenvalue weighted by molar-refractivity contribution is -0.120. The van der Waals surface area contributed by atoms with Crippen molar-refractivity contribution >= 4 is 35.3 Å². The third kappa shape index (κ3) is 4.73. The molecule has 13 heteroatoms. The number of pyridine rings is 1. The van der Waals surface area contributed by atoms with Gasteiger partial charge < -0.3 is 20.0 Å². The van der Waals surface area contributed by atoms with Gasteiger partial charge in [-0.1, -0.05) is 0 Å². The highest BCUT2D eigenvalue weighted by molar-refractivity contribution is 6.00. The summed E-state index contributed by atoms with van der Waals surface area (Å²) in [7, 11) is 2.11. The Hall–Kier alpha value is -3.87. The van der Waals surface area contributed by atoms with E-state index < -0.39 is 11.5 Å². The molecular formula is C25H32FN11O. The van der Waals surface area contributed by atoms with Gasteiger partial charge in [-0.25, -0.2) is 4.98 Å². The molecule has 3 fully saturated rings. The second-order valence-corrected chi connectivity index (χ2v) is 10.4. The second kappa shape index (κ2) is 9.78. The summed E-state index contributed by atoms with van der Waals surface area (Å²) < 4.78 is 13.3. The van der Waals surface area contributed by atoms with E-state index in [9.17, 15) is 9.18 Å². The summed E-state index contributed by atoms with van der Waals surface area (Å²) >= 11 is 0. The largest absolute Gasteiger partial charge is 0.338 e. The fourth-order valence-corrected chi connectivity index (χ4v) is 5.14. The van der Waals surface area contributed by atoms with Crippen LogP contribution in [0.3, 0.4) is 0 Å². The first-order valence-electron chi connectivity index (χ1n) is 13.1. The zero-order valence-corrected chi connectivity index (χ0v) is 21.6. The molecule has 3 aromatic heterocycles. The topological polar surface area (TPSA) is 122 Å². The quantitative estimate of drug-likeness (QED) is 0.447. The van der Waals surface area contributed by atoms with Crippen LogP contribution in [-0.2, 0) is 4.79 Å². The molecule has 38 heavy (non-hydrogen) atoms. The van der Waals surface area contributed by atoms with Crippen molar-refractivity contribution in [3.63, 3.8) is 0 Å². The van der Waals surface area contributed by atoms with Gasteiger partial charge in [-0.3, -0.25) is 14.8 Å². The van der Waals surface area contributed by atoms with Crippen LogP contribution in [0.25, 0.3) is 0 Å². The number of halogens is 1. The summed E-state index contributed by atoms with van der Waals surface area (Å²) in [5, 5.41) is 10.1. The van der Waals surface area contributed by atoms with Crippen molar-refractivity contribution in [2.45, 2.75) is 44.2 Å². The summed E-state index contributed by atoms with van der Waals surface area (Å²) in [5.41, 5.74) is -0.455. The molecule has 1 aliphatic carbocycles. The molecule has 0 radical (unpaired) electrons. The Morgan fingerprint density at radius 3 is 2.58 bits per heavy atom. The molecule has 6 rings (SSSR count). The van der Waals surface area contributed by atoms with Gasteiger partial charge in [0.1, 0.15) is 11.4 Å². The third-order valence-electron chi connectivity index (χ3n) is 7.62. The molecule has 1 saturated carbocycles. The number of carbonyl (C=O) groups is 1. The fourth-order valence-electron chi connectivity index (χ4n) is 5.14. The van der Waals surface area contributed by atoms with E-state index >= 15 is 0 Å². The van der Waals surface area contributed by atoms with Gasteiger partial charge in [0.05, 0.1) is 18.1 Å². The van der Waals surface area contributed by atoms with Crippen molar-refractivity contribution in [1.82, 2.24) is 35.0 Å². The molecule has 1 amide bonds. The number of piperazine rings is 1. The number of carbonyl (C=O) groups excluding carboxylic acids is 1. The van der Waals surface area contributed by atoms with Gasteiger partial charge >= 0.3 is 0 Å². The highest BCUT2D eigenvalue weighted by atomic mass is 19.1. The van der Waals surface area contributed by atoms with Crippen molar-refractivity contribution in [2.75, 3.05) is 59.8 Å². The fraction of sp³-hybridized carbons (Fsp3) is 0.520. The zero-order chi connectivity index (χ0) is 26.3. The SMILES string of the molecule is CN1CCN(c2nc(N(c3ccn[nH]3)C3CC3)nc(N3CCCC3(C)C(=O)Nc3ccc(F)nc3)n2)CC1. The number of rotatable bonds is 7. The van der Waals surface area contributed by atoms with Crippen molar-refractivity contribution in [3.8, 4) is 0 Å². The van der Waals surface area contributed by atoms with Crippen molar-refractivity contribution < 1.29 is 9.18 Å². The molecule has 2 aliphatic heterocycles.